The molecule has 0 radical (unpaired) electrons. The van der Waals surface area contributed by atoms with Gasteiger partial charge in [0.1, 0.15) is 0 Å². The van der Waals surface area contributed by atoms with Gasteiger partial charge >= 0.3 is 5.97 Å². The van der Waals surface area contributed by atoms with E-state index < -0.39 is 16.0 Å². The van der Waals surface area contributed by atoms with Gasteiger partial charge in [-0.25, -0.2) is 13.2 Å². The molecular weight excluding hydrogens is 438 g/mol. The monoisotopic (exact) mass is 471 g/mol. The van der Waals surface area contributed by atoms with Crippen molar-refractivity contribution in [1.82, 2.24) is 4.90 Å². The molecule has 33 heavy (non-hydrogen) atoms. The van der Waals surface area contributed by atoms with E-state index in [0.717, 1.165) is 56.8 Å². The van der Waals surface area contributed by atoms with Gasteiger partial charge < -0.3 is 14.9 Å². The van der Waals surface area contributed by atoms with Crippen molar-refractivity contribution < 1.29 is 18.3 Å². The lowest BCUT2D eigenvalue weighted by Gasteiger charge is -2.37. The predicted molar refractivity (Wildman–Crippen MR) is 131 cm³/mol. The fourth-order valence-corrected chi connectivity index (χ4v) is 6.38. The maximum atomic E-state index is 13.3. The van der Waals surface area contributed by atoms with Crippen molar-refractivity contribution in [1.29, 1.82) is 0 Å². The molecule has 0 unspecified atom stereocenters. The van der Waals surface area contributed by atoms with Crippen LogP contribution in [0.1, 0.15) is 47.2 Å². The minimum Gasteiger partial charge on any atom is -0.478 e. The first-order chi connectivity index (χ1) is 15.7. The summed E-state index contributed by atoms with van der Waals surface area (Å²) in [5.41, 5.74) is 2.75. The normalized spacial score (nSPS) is 19.6. The molecule has 8 heteroatoms. The number of likely N-dealkylation sites (tertiary alicyclic amines) is 1. The van der Waals surface area contributed by atoms with Crippen molar-refractivity contribution >= 4 is 27.4 Å². The molecule has 2 saturated heterocycles. The Morgan fingerprint density at radius 3 is 2.52 bits per heavy atom. The second-order valence-electron chi connectivity index (χ2n) is 9.37. The van der Waals surface area contributed by atoms with Crippen LogP contribution in [-0.2, 0) is 10.0 Å². The zero-order valence-corrected chi connectivity index (χ0v) is 20.2. The van der Waals surface area contributed by atoms with Crippen LogP contribution in [0.15, 0.2) is 41.3 Å². The Hall–Kier alpha value is -2.58. The van der Waals surface area contributed by atoms with Crippen LogP contribution in [-0.4, -0.2) is 57.1 Å². The fourth-order valence-electron chi connectivity index (χ4n) is 5.09. The molecule has 0 bridgehead atoms. The number of aromatic carboxylic acids is 1. The summed E-state index contributed by atoms with van der Waals surface area (Å²) in [4.78, 5) is 16.5. The smallest absolute Gasteiger partial charge is 0.335 e. The number of nitrogens with zero attached hydrogens (tertiary/aromatic N) is 2. The molecular formula is C25H33N3O4S. The highest BCUT2D eigenvalue weighted by atomic mass is 32.2. The van der Waals surface area contributed by atoms with Crippen LogP contribution in [0.25, 0.3) is 0 Å². The fraction of sp³-hybridized carbons (Fsp3) is 0.480. The number of hydrogen-bond donors (Lipinski definition) is 2. The van der Waals surface area contributed by atoms with Gasteiger partial charge in [0.05, 0.1) is 21.8 Å². The highest BCUT2D eigenvalue weighted by Crippen LogP contribution is 2.33. The second kappa shape index (κ2) is 9.73. The lowest BCUT2D eigenvalue weighted by atomic mass is 9.96. The first kappa shape index (κ1) is 23.6. The summed E-state index contributed by atoms with van der Waals surface area (Å²) in [6.07, 6.45) is 4.71. The summed E-state index contributed by atoms with van der Waals surface area (Å²) >= 11 is 0. The minimum atomic E-state index is -3.87. The summed E-state index contributed by atoms with van der Waals surface area (Å²) in [5.74, 6) is -0.570. The topological polar surface area (TPSA) is 89.9 Å². The molecule has 0 aromatic heterocycles. The molecule has 178 valence electrons. The van der Waals surface area contributed by atoms with Gasteiger partial charge in [-0.3, -0.25) is 4.72 Å². The highest BCUT2D eigenvalue weighted by Gasteiger charge is 2.27. The van der Waals surface area contributed by atoms with Crippen LogP contribution in [0.3, 0.4) is 0 Å². The van der Waals surface area contributed by atoms with E-state index in [-0.39, 0.29) is 10.5 Å². The molecule has 7 nitrogen and oxygen atoms in total. The predicted octanol–water partition coefficient (Wildman–Crippen LogP) is 4.11. The number of hydrogen-bond acceptors (Lipinski definition) is 5. The third-order valence-corrected chi connectivity index (χ3v) is 8.21. The van der Waals surface area contributed by atoms with E-state index in [1.807, 2.05) is 13.0 Å². The van der Waals surface area contributed by atoms with Gasteiger partial charge in [0, 0.05) is 19.6 Å². The van der Waals surface area contributed by atoms with Crippen molar-refractivity contribution in [3.63, 3.8) is 0 Å². The van der Waals surface area contributed by atoms with Crippen LogP contribution < -0.4 is 9.62 Å². The van der Waals surface area contributed by atoms with E-state index in [4.69, 9.17) is 0 Å². The maximum Gasteiger partial charge on any atom is 0.335 e. The van der Waals surface area contributed by atoms with Crippen LogP contribution in [0.2, 0.25) is 0 Å². The molecule has 2 aromatic rings. The standard InChI is InChI=1S/C25H33N3O4S/c1-18-7-10-24(19(2)14-18)33(31,32)26-22-15-21(25(29)30)8-9-23(22)28-13-5-6-20(17-28)16-27-11-3-4-12-27/h7-10,14-15,20,26H,3-6,11-13,16-17H2,1-2H3,(H,29,30)/t20-/m0/s1. The van der Waals surface area contributed by atoms with E-state index >= 15 is 0 Å². The molecule has 2 N–H and O–H groups in total. The number of piperidine rings is 1. The summed E-state index contributed by atoms with van der Waals surface area (Å²) in [5, 5.41) is 9.51. The van der Waals surface area contributed by atoms with E-state index in [1.165, 1.54) is 18.9 Å². The molecule has 0 aliphatic carbocycles. The zero-order chi connectivity index (χ0) is 23.6. The van der Waals surface area contributed by atoms with Crippen LogP contribution >= 0.6 is 0 Å². The molecule has 2 aromatic carbocycles. The Labute approximate surface area is 196 Å². The number of aryl methyl sites for hydroxylation is 2. The summed E-state index contributed by atoms with van der Waals surface area (Å²) in [6.45, 7) is 8.72. The third-order valence-electron chi connectivity index (χ3n) is 6.68. The quantitative estimate of drug-likeness (QED) is 0.632. The summed E-state index contributed by atoms with van der Waals surface area (Å²) in [7, 11) is -3.87. The Balaban J connectivity index is 1.62. The molecule has 0 amide bonds. The summed E-state index contributed by atoms with van der Waals surface area (Å²) in [6, 6.07) is 9.92. The van der Waals surface area contributed by atoms with Crippen molar-refractivity contribution in [3.8, 4) is 0 Å². The van der Waals surface area contributed by atoms with E-state index in [9.17, 15) is 18.3 Å². The van der Waals surface area contributed by atoms with Gasteiger partial charge in [0.2, 0.25) is 0 Å². The van der Waals surface area contributed by atoms with Gasteiger partial charge in [-0.1, -0.05) is 17.7 Å². The number of rotatable bonds is 7. The van der Waals surface area contributed by atoms with Gasteiger partial charge in [0.25, 0.3) is 10.0 Å². The molecule has 2 heterocycles. The van der Waals surface area contributed by atoms with Crippen molar-refractivity contribution in [2.75, 3.05) is 42.3 Å². The molecule has 0 saturated carbocycles. The molecule has 2 aliphatic rings. The number of carbonyl (C=O) groups is 1. The van der Waals surface area contributed by atoms with Gasteiger partial charge in [-0.05, 0) is 88.4 Å². The maximum absolute atomic E-state index is 13.3. The zero-order valence-electron chi connectivity index (χ0n) is 19.4. The average Bonchev–Trinajstić information content (AvgIpc) is 3.26. The Morgan fingerprint density at radius 1 is 1.06 bits per heavy atom. The van der Waals surface area contributed by atoms with E-state index in [2.05, 4.69) is 14.5 Å². The SMILES string of the molecule is Cc1ccc(S(=O)(=O)Nc2cc(C(=O)O)ccc2N2CCC[C@@H](CN3CCCC3)C2)c(C)c1. The first-order valence-corrected chi connectivity index (χ1v) is 13.2. The number of anilines is 2. The highest BCUT2D eigenvalue weighted by molar-refractivity contribution is 7.92. The van der Waals surface area contributed by atoms with Crippen LogP contribution in [0.5, 0.6) is 0 Å². The molecule has 2 aliphatic heterocycles. The van der Waals surface area contributed by atoms with Crippen LogP contribution in [0.4, 0.5) is 11.4 Å². The number of sulfonamides is 1. The average molecular weight is 472 g/mol. The van der Waals surface area contributed by atoms with Crippen molar-refractivity contribution in [3.05, 3.63) is 53.1 Å². The lowest BCUT2D eigenvalue weighted by molar-refractivity contribution is 0.0697. The number of carboxylic acid groups (broad SMARTS) is 1. The number of benzene rings is 2. The largest absolute Gasteiger partial charge is 0.478 e. The Bertz CT molecular complexity index is 1130. The third kappa shape index (κ3) is 5.50. The van der Waals surface area contributed by atoms with E-state index in [0.29, 0.717) is 17.2 Å². The lowest BCUT2D eigenvalue weighted by Crippen LogP contribution is -2.40. The van der Waals surface area contributed by atoms with Gasteiger partial charge in [-0.2, -0.15) is 0 Å². The minimum absolute atomic E-state index is 0.0581. The molecule has 2 fully saturated rings. The second-order valence-corrected chi connectivity index (χ2v) is 11.0. The van der Waals surface area contributed by atoms with Crippen LogP contribution in [0, 0.1) is 19.8 Å². The summed E-state index contributed by atoms with van der Waals surface area (Å²) < 4.78 is 29.2. The molecule has 0 spiro atoms. The van der Waals surface area contributed by atoms with Crippen molar-refractivity contribution in [2.45, 2.75) is 44.4 Å². The first-order valence-electron chi connectivity index (χ1n) is 11.7. The molecule has 1 atom stereocenters. The Kier molecular flexibility index (Phi) is 6.95. The van der Waals surface area contributed by atoms with E-state index in [1.54, 1.807) is 31.2 Å². The van der Waals surface area contributed by atoms with Gasteiger partial charge in [-0.15, -0.1) is 0 Å². The number of carboxylic acids is 1. The Morgan fingerprint density at radius 2 is 1.82 bits per heavy atom. The van der Waals surface area contributed by atoms with Gasteiger partial charge in [0.15, 0.2) is 0 Å². The number of nitrogens with one attached hydrogen (secondary N) is 1. The molecule has 4 rings (SSSR count). The van der Waals surface area contributed by atoms with Crippen molar-refractivity contribution in [2.24, 2.45) is 5.92 Å².